The molecule has 0 spiro atoms. The summed E-state index contributed by atoms with van der Waals surface area (Å²) in [7, 11) is 0. The van der Waals surface area contributed by atoms with Gasteiger partial charge in [0.2, 0.25) is 6.41 Å². The number of hydrogen-bond donors (Lipinski definition) is 1. The third kappa shape index (κ3) is 5.22. The largest absolute Gasteiger partial charge is 0.335 e. The number of amides is 3. The van der Waals surface area contributed by atoms with Crippen molar-refractivity contribution < 1.29 is 9.59 Å². The molecule has 0 bridgehead atoms. The topological polar surface area (TPSA) is 49.4 Å². The first-order chi connectivity index (χ1) is 6.11. The average molecular weight is 186 g/mol. The Hall–Kier alpha value is -1.06. The molecule has 0 rings (SSSR count). The van der Waals surface area contributed by atoms with Crippen molar-refractivity contribution in [2.45, 2.75) is 39.7 Å². The number of urea groups is 1. The average Bonchev–Trinajstić information content (AvgIpc) is 2.04. The Morgan fingerprint density at radius 1 is 1.54 bits per heavy atom. The second kappa shape index (κ2) is 6.46. The first-order valence-corrected chi connectivity index (χ1v) is 4.64. The predicted octanol–water partition coefficient (Wildman–Crippen LogP) is 1.36. The van der Waals surface area contributed by atoms with E-state index in [0.717, 1.165) is 12.8 Å². The first-order valence-electron chi connectivity index (χ1n) is 4.64. The van der Waals surface area contributed by atoms with E-state index in [1.807, 2.05) is 20.8 Å². The van der Waals surface area contributed by atoms with Gasteiger partial charge in [0.15, 0.2) is 0 Å². The van der Waals surface area contributed by atoms with Crippen molar-refractivity contribution in [3.8, 4) is 0 Å². The van der Waals surface area contributed by atoms with Gasteiger partial charge in [-0.2, -0.15) is 0 Å². The van der Waals surface area contributed by atoms with Gasteiger partial charge in [-0.25, -0.2) is 4.79 Å². The van der Waals surface area contributed by atoms with Crippen LogP contribution in [0, 0.1) is 0 Å². The fraction of sp³-hybridized carbons (Fsp3) is 0.778. The zero-order chi connectivity index (χ0) is 10.3. The summed E-state index contributed by atoms with van der Waals surface area (Å²) in [5, 5.41) is 2.66. The lowest BCUT2D eigenvalue weighted by Gasteiger charge is -2.17. The molecule has 4 heteroatoms. The summed E-state index contributed by atoms with van der Waals surface area (Å²) in [6.45, 7) is 6.24. The van der Waals surface area contributed by atoms with Crippen molar-refractivity contribution in [1.29, 1.82) is 0 Å². The Labute approximate surface area is 79.3 Å². The zero-order valence-electron chi connectivity index (χ0n) is 8.54. The Morgan fingerprint density at radius 3 is 2.54 bits per heavy atom. The lowest BCUT2D eigenvalue weighted by atomic mass is 10.3. The van der Waals surface area contributed by atoms with Crippen LogP contribution in [0.5, 0.6) is 0 Å². The molecule has 0 aromatic rings. The molecule has 0 unspecified atom stereocenters. The fourth-order valence-corrected chi connectivity index (χ4v) is 0.860. The normalized spacial score (nSPS) is 9.85. The van der Waals surface area contributed by atoms with Crippen molar-refractivity contribution in [1.82, 2.24) is 10.2 Å². The van der Waals surface area contributed by atoms with Crippen LogP contribution in [-0.2, 0) is 4.79 Å². The van der Waals surface area contributed by atoms with E-state index in [4.69, 9.17) is 0 Å². The first kappa shape index (κ1) is 11.9. The van der Waals surface area contributed by atoms with Gasteiger partial charge in [-0.3, -0.25) is 9.69 Å². The number of nitrogens with zero attached hydrogens (tertiary/aromatic N) is 1. The quantitative estimate of drug-likeness (QED) is 0.659. The van der Waals surface area contributed by atoms with E-state index in [1.165, 1.54) is 4.90 Å². The Kier molecular flexibility index (Phi) is 5.93. The van der Waals surface area contributed by atoms with Crippen molar-refractivity contribution in [3.05, 3.63) is 0 Å². The third-order valence-electron chi connectivity index (χ3n) is 1.55. The molecule has 3 amide bonds. The van der Waals surface area contributed by atoms with E-state index in [1.54, 1.807) is 0 Å². The van der Waals surface area contributed by atoms with Crippen LogP contribution in [0.2, 0.25) is 0 Å². The number of unbranched alkanes of at least 4 members (excludes halogenated alkanes) is 1. The Balaban J connectivity index is 3.92. The van der Waals surface area contributed by atoms with Crippen LogP contribution in [0.4, 0.5) is 4.79 Å². The van der Waals surface area contributed by atoms with Crippen LogP contribution >= 0.6 is 0 Å². The molecule has 0 aliphatic carbocycles. The Morgan fingerprint density at radius 2 is 2.15 bits per heavy atom. The highest BCUT2D eigenvalue weighted by Gasteiger charge is 2.11. The number of rotatable bonds is 5. The highest BCUT2D eigenvalue weighted by molar-refractivity contribution is 5.84. The molecule has 0 aromatic carbocycles. The van der Waals surface area contributed by atoms with Crippen molar-refractivity contribution in [2.24, 2.45) is 0 Å². The van der Waals surface area contributed by atoms with Gasteiger partial charge in [0, 0.05) is 12.6 Å². The van der Waals surface area contributed by atoms with E-state index in [-0.39, 0.29) is 12.1 Å². The standard InChI is InChI=1S/C9H18N2O2/c1-4-5-6-11(7-12)9(13)10-8(2)3/h7-8H,4-6H2,1-3H3,(H,10,13). The van der Waals surface area contributed by atoms with Crippen LogP contribution in [0.3, 0.4) is 0 Å². The molecule has 0 atom stereocenters. The SMILES string of the molecule is CCCCN(C=O)C(=O)NC(C)C. The highest BCUT2D eigenvalue weighted by Crippen LogP contribution is 1.93. The molecule has 13 heavy (non-hydrogen) atoms. The van der Waals surface area contributed by atoms with E-state index in [2.05, 4.69) is 5.32 Å². The molecule has 4 nitrogen and oxygen atoms in total. The predicted molar refractivity (Wildman–Crippen MR) is 51.3 cm³/mol. The summed E-state index contributed by atoms with van der Waals surface area (Å²) in [4.78, 5) is 22.9. The van der Waals surface area contributed by atoms with Crippen LogP contribution < -0.4 is 5.32 Å². The van der Waals surface area contributed by atoms with Gasteiger partial charge in [-0.1, -0.05) is 13.3 Å². The van der Waals surface area contributed by atoms with E-state index >= 15 is 0 Å². The number of imide groups is 1. The third-order valence-corrected chi connectivity index (χ3v) is 1.55. The van der Waals surface area contributed by atoms with Crippen LogP contribution in [0.25, 0.3) is 0 Å². The maximum Gasteiger partial charge on any atom is 0.324 e. The fourth-order valence-electron chi connectivity index (χ4n) is 0.860. The lowest BCUT2D eigenvalue weighted by molar-refractivity contribution is -0.115. The molecule has 0 aliphatic heterocycles. The molecule has 0 heterocycles. The number of carbonyl (C=O) groups excluding carboxylic acids is 2. The lowest BCUT2D eigenvalue weighted by Crippen LogP contribution is -2.42. The van der Waals surface area contributed by atoms with Crippen molar-refractivity contribution in [2.75, 3.05) is 6.54 Å². The molecule has 1 N–H and O–H groups in total. The van der Waals surface area contributed by atoms with Crippen molar-refractivity contribution in [3.63, 3.8) is 0 Å². The van der Waals surface area contributed by atoms with Gasteiger partial charge in [0.1, 0.15) is 0 Å². The van der Waals surface area contributed by atoms with Gasteiger partial charge in [0.25, 0.3) is 0 Å². The van der Waals surface area contributed by atoms with Gasteiger partial charge in [0.05, 0.1) is 0 Å². The summed E-state index contributed by atoms with van der Waals surface area (Å²) < 4.78 is 0. The van der Waals surface area contributed by atoms with Gasteiger partial charge in [-0.05, 0) is 20.3 Å². The van der Waals surface area contributed by atoms with Gasteiger partial charge >= 0.3 is 6.03 Å². The van der Waals surface area contributed by atoms with E-state index in [0.29, 0.717) is 13.0 Å². The molecule has 0 fully saturated rings. The molecule has 0 aliphatic rings. The zero-order valence-corrected chi connectivity index (χ0v) is 8.54. The summed E-state index contributed by atoms with van der Waals surface area (Å²) in [6.07, 6.45) is 2.40. The summed E-state index contributed by atoms with van der Waals surface area (Å²) in [6, 6.07) is -0.241. The summed E-state index contributed by atoms with van der Waals surface area (Å²) in [5.41, 5.74) is 0. The maximum atomic E-state index is 11.3. The van der Waals surface area contributed by atoms with Crippen molar-refractivity contribution >= 4 is 12.4 Å². The number of nitrogens with one attached hydrogen (secondary N) is 1. The molecule has 76 valence electrons. The summed E-state index contributed by atoms with van der Waals surface area (Å²) in [5.74, 6) is 0. The summed E-state index contributed by atoms with van der Waals surface area (Å²) >= 11 is 0. The van der Waals surface area contributed by atoms with Crippen LogP contribution in [0.15, 0.2) is 0 Å². The molecule has 0 saturated carbocycles. The molecular formula is C9H18N2O2. The second-order valence-electron chi connectivity index (χ2n) is 3.26. The molecule has 0 saturated heterocycles. The van der Waals surface area contributed by atoms with E-state index in [9.17, 15) is 9.59 Å². The minimum absolute atomic E-state index is 0.0663. The molecular weight excluding hydrogens is 168 g/mol. The minimum Gasteiger partial charge on any atom is -0.335 e. The second-order valence-corrected chi connectivity index (χ2v) is 3.26. The molecule has 0 aromatic heterocycles. The monoisotopic (exact) mass is 186 g/mol. The number of hydrogen-bond acceptors (Lipinski definition) is 2. The number of carbonyl (C=O) groups is 2. The maximum absolute atomic E-state index is 11.3. The smallest absolute Gasteiger partial charge is 0.324 e. The highest BCUT2D eigenvalue weighted by atomic mass is 16.2. The van der Waals surface area contributed by atoms with Crippen LogP contribution in [0.1, 0.15) is 33.6 Å². The van der Waals surface area contributed by atoms with Gasteiger partial charge in [-0.15, -0.1) is 0 Å². The van der Waals surface area contributed by atoms with Gasteiger partial charge < -0.3 is 5.32 Å². The van der Waals surface area contributed by atoms with E-state index < -0.39 is 0 Å². The Bertz CT molecular complexity index is 169. The minimum atomic E-state index is -0.307. The molecule has 0 radical (unpaired) electrons. The van der Waals surface area contributed by atoms with Crippen LogP contribution in [-0.4, -0.2) is 29.9 Å².